The Balaban J connectivity index is 1.32. The van der Waals surface area contributed by atoms with E-state index in [4.69, 9.17) is 18.4 Å². The molecule has 266 valence electrons. The fourth-order valence-electron chi connectivity index (χ4n) is 5.10. The van der Waals surface area contributed by atoms with Gasteiger partial charge >= 0.3 is 6.09 Å². The van der Waals surface area contributed by atoms with Crippen molar-refractivity contribution in [2.75, 3.05) is 24.7 Å². The molecule has 0 bridgehead atoms. The number of hydrogen-bond donors (Lipinski definition) is 0. The number of carbonyl (C=O) groups is 1. The Labute approximate surface area is 290 Å². The molecule has 10 nitrogen and oxygen atoms in total. The van der Waals surface area contributed by atoms with Crippen LogP contribution in [0.25, 0.3) is 11.1 Å². The van der Waals surface area contributed by atoms with Gasteiger partial charge in [0.1, 0.15) is 17.7 Å². The van der Waals surface area contributed by atoms with Gasteiger partial charge in [-0.15, -0.1) is 5.10 Å². The maximum absolute atomic E-state index is 15.7. The number of amides is 1. The zero-order valence-corrected chi connectivity index (χ0v) is 32.3. The molecule has 1 amide bonds. The third-order valence-electron chi connectivity index (χ3n) is 10.4. The van der Waals surface area contributed by atoms with E-state index in [1.807, 2.05) is 0 Å². The van der Waals surface area contributed by atoms with Crippen LogP contribution >= 0.6 is 0 Å². The predicted molar refractivity (Wildman–Crippen MR) is 191 cm³/mol. The first kappa shape index (κ1) is 36.8. The van der Waals surface area contributed by atoms with Crippen molar-refractivity contribution in [2.45, 2.75) is 102 Å². The van der Waals surface area contributed by atoms with Crippen molar-refractivity contribution in [3.05, 3.63) is 66.0 Å². The highest BCUT2D eigenvalue weighted by Gasteiger charge is 2.47. The monoisotopic (exact) mass is 713 g/mol. The van der Waals surface area contributed by atoms with E-state index in [9.17, 15) is 4.79 Å². The number of halogens is 2. The van der Waals surface area contributed by atoms with Crippen LogP contribution in [0.1, 0.15) is 53.5 Å². The number of aromatic nitrogens is 3. The standard InChI is InChI=1S/C35H49F2N5O5Si2/c1-33(2,3)48(7,8)44-22-35(23-45-49(9,10)34(4,5)6)19-31(39-47-35)24-11-13-27(29(36)17-24)28-14-12-25(18-30(28)37)42-21-26(46-32(42)43)20-41-16-15-38-40-41/h11-18,26H,19-23H2,1-10H3/t26-/m0/s1. The third-order valence-corrected chi connectivity index (χ3v) is 19.4. The first-order valence-electron chi connectivity index (χ1n) is 16.7. The van der Waals surface area contributed by atoms with Crippen LogP contribution in [-0.4, -0.2) is 74.9 Å². The first-order chi connectivity index (χ1) is 22.7. The van der Waals surface area contributed by atoms with Gasteiger partial charge in [-0.3, -0.25) is 4.90 Å². The first-order valence-corrected chi connectivity index (χ1v) is 22.5. The Hall–Kier alpha value is -3.47. The molecule has 2 aliphatic rings. The van der Waals surface area contributed by atoms with Crippen LogP contribution in [0.5, 0.6) is 0 Å². The molecule has 5 rings (SSSR count). The van der Waals surface area contributed by atoms with Gasteiger partial charge in [0, 0.05) is 29.3 Å². The summed E-state index contributed by atoms with van der Waals surface area (Å²) in [4.78, 5) is 20.1. The minimum absolute atomic E-state index is 0.00198. The van der Waals surface area contributed by atoms with Gasteiger partial charge in [0.25, 0.3) is 0 Å². The number of nitrogens with zero attached hydrogens (tertiary/aromatic N) is 5. The largest absolute Gasteiger partial charge is 0.442 e. The molecule has 14 heteroatoms. The molecule has 1 fully saturated rings. The Bertz CT molecular complexity index is 1670. The molecule has 1 aromatic heterocycles. The topological polar surface area (TPSA) is 100 Å². The number of rotatable bonds is 11. The van der Waals surface area contributed by atoms with Gasteiger partial charge in [-0.2, -0.15) is 0 Å². The summed E-state index contributed by atoms with van der Waals surface area (Å²) in [6.07, 6.45) is 2.52. The van der Waals surface area contributed by atoms with E-state index in [-0.39, 0.29) is 27.7 Å². The molecule has 1 atom stereocenters. The third kappa shape index (κ3) is 7.97. The van der Waals surface area contributed by atoms with E-state index in [1.165, 1.54) is 29.3 Å². The summed E-state index contributed by atoms with van der Waals surface area (Å²) in [6, 6.07) is 8.89. The van der Waals surface area contributed by atoms with Gasteiger partial charge in [0.15, 0.2) is 22.2 Å². The molecular weight excluding hydrogens is 665 g/mol. The average Bonchev–Trinajstić information content (AvgIpc) is 3.75. The van der Waals surface area contributed by atoms with Gasteiger partial charge < -0.3 is 18.4 Å². The normalized spacial score (nSPS) is 18.4. The molecule has 0 saturated carbocycles. The maximum atomic E-state index is 15.7. The van der Waals surface area contributed by atoms with Gasteiger partial charge in [0.05, 0.1) is 43.9 Å². The summed E-state index contributed by atoms with van der Waals surface area (Å²) in [5.41, 5.74) is 0.740. The molecule has 1 saturated heterocycles. The Morgan fingerprint density at radius 1 is 0.918 bits per heavy atom. The minimum atomic E-state index is -2.13. The second-order valence-corrected chi connectivity index (χ2v) is 25.8. The average molecular weight is 714 g/mol. The van der Waals surface area contributed by atoms with Gasteiger partial charge in [-0.25, -0.2) is 18.3 Å². The van der Waals surface area contributed by atoms with Crippen LogP contribution in [0.2, 0.25) is 36.3 Å². The molecule has 0 radical (unpaired) electrons. The van der Waals surface area contributed by atoms with Crippen molar-refractivity contribution in [1.82, 2.24) is 15.0 Å². The number of oxime groups is 1. The van der Waals surface area contributed by atoms with E-state index < -0.39 is 46.1 Å². The van der Waals surface area contributed by atoms with Crippen LogP contribution in [0, 0.1) is 11.6 Å². The summed E-state index contributed by atoms with van der Waals surface area (Å²) < 4.78 is 51.5. The van der Waals surface area contributed by atoms with Crippen LogP contribution in [0.3, 0.4) is 0 Å². The zero-order valence-electron chi connectivity index (χ0n) is 30.3. The van der Waals surface area contributed by atoms with E-state index in [0.29, 0.717) is 43.1 Å². The van der Waals surface area contributed by atoms with E-state index >= 15 is 8.78 Å². The lowest BCUT2D eigenvalue weighted by atomic mass is 9.94. The number of carbonyl (C=O) groups excluding carboxylic acids is 1. The second-order valence-electron chi connectivity index (χ2n) is 16.2. The molecule has 49 heavy (non-hydrogen) atoms. The number of cyclic esters (lactones) is 1. The van der Waals surface area contributed by atoms with Crippen LogP contribution in [-0.2, 0) is 25.0 Å². The molecule has 2 aromatic carbocycles. The smallest absolute Gasteiger partial charge is 0.414 e. The molecule has 2 aliphatic heterocycles. The highest BCUT2D eigenvalue weighted by atomic mass is 28.4. The van der Waals surface area contributed by atoms with Crippen molar-refractivity contribution in [3.8, 4) is 11.1 Å². The lowest BCUT2D eigenvalue weighted by Gasteiger charge is -2.41. The Kier molecular flexibility index (Phi) is 10.0. The maximum Gasteiger partial charge on any atom is 0.414 e. The summed E-state index contributed by atoms with van der Waals surface area (Å²) in [5, 5.41) is 12.1. The van der Waals surface area contributed by atoms with Crippen LogP contribution in [0.15, 0.2) is 53.9 Å². The van der Waals surface area contributed by atoms with Gasteiger partial charge in [-0.05, 0) is 60.5 Å². The number of ether oxygens (including phenoxy) is 1. The van der Waals surface area contributed by atoms with Gasteiger partial charge in [-0.1, -0.05) is 64.0 Å². The Morgan fingerprint density at radius 3 is 2.04 bits per heavy atom. The molecule has 0 spiro atoms. The predicted octanol–water partition coefficient (Wildman–Crippen LogP) is 8.16. The lowest BCUT2D eigenvalue weighted by Crippen LogP contribution is -2.51. The van der Waals surface area contributed by atoms with Gasteiger partial charge in [0.2, 0.25) is 0 Å². The number of benzene rings is 2. The molecule has 0 aliphatic carbocycles. The highest BCUT2D eigenvalue weighted by molar-refractivity contribution is 6.74. The van der Waals surface area contributed by atoms with Crippen molar-refractivity contribution < 1.29 is 32.0 Å². The van der Waals surface area contributed by atoms with Crippen molar-refractivity contribution in [2.24, 2.45) is 5.16 Å². The van der Waals surface area contributed by atoms with Crippen LogP contribution in [0.4, 0.5) is 19.3 Å². The summed E-state index contributed by atoms with van der Waals surface area (Å²) >= 11 is 0. The fraction of sp³-hybridized carbons (Fsp3) is 0.543. The second kappa shape index (κ2) is 13.3. The molecule has 3 heterocycles. The summed E-state index contributed by atoms with van der Waals surface area (Å²) in [7, 11) is -4.26. The van der Waals surface area contributed by atoms with Crippen molar-refractivity contribution in [3.63, 3.8) is 0 Å². The van der Waals surface area contributed by atoms with E-state index in [1.54, 1.807) is 29.1 Å². The lowest BCUT2D eigenvalue weighted by molar-refractivity contribution is -0.0813. The van der Waals surface area contributed by atoms with Crippen LogP contribution < -0.4 is 4.90 Å². The SMILES string of the molecule is CC(C)(C)[Si](C)(C)OCC1(CO[Si](C)(C)C(C)(C)C)CC(c2ccc(-c3ccc(N4C[C@H](Cn5ccnn5)OC4=O)cc3F)c(F)c2)=NO1. The summed E-state index contributed by atoms with van der Waals surface area (Å²) in [5.74, 6) is -1.27. The minimum Gasteiger partial charge on any atom is -0.442 e. The Morgan fingerprint density at radius 2 is 1.51 bits per heavy atom. The number of hydrogen-bond acceptors (Lipinski definition) is 8. The number of anilines is 1. The molecule has 0 N–H and O–H groups in total. The van der Waals surface area contributed by atoms with E-state index in [0.717, 1.165) is 0 Å². The van der Waals surface area contributed by atoms with Crippen molar-refractivity contribution >= 4 is 34.1 Å². The summed E-state index contributed by atoms with van der Waals surface area (Å²) in [6.45, 7) is 23.1. The molecule has 3 aromatic rings. The molecule has 0 unspecified atom stereocenters. The van der Waals surface area contributed by atoms with Crippen molar-refractivity contribution in [1.29, 1.82) is 0 Å². The molecular formula is C35H49F2N5O5Si2. The fourth-order valence-corrected chi connectivity index (χ4v) is 7.21. The van der Waals surface area contributed by atoms with E-state index in [2.05, 4.69) is 83.2 Å². The quantitative estimate of drug-likeness (QED) is 0.185. The highest BCUT2D eigenvalue weighted by Crippen LogP contribution is 2.41. The zero-order chi connectivity index (χ0) is 36.0.